The van der Waals surface area contributed by atoms with Gasteiger partial charge in [-0.2, -0.15) is 17.0 Å². The Morgan fingerprint density at radius 2 is 2.47 bits per heavy atom. The molecule has 0 spiro atoms. The minimum atomic E-state index is 0.546. The molecule has 0 saturated carbocycles. The van der Waals surface area contributed by atoms with E-state index in [-0.39, 0.29) is 0 Å². The summed E-state index contributed by atoms with van der Waals surface area (Å²) < 4.78 is 0. The molecule has 0 radical (unpaired) electrons. The lowest BCUT2D eigenvalue weighted by Crippen LogP contribution is -2.25. The third-order valence-corrected chi connectivity index (χ3v) is 3.74. The summed E-state index contributed by atoms with van der Waals surface area (Å²) in [5.74, 6) is 1.20. The number of hydrogen-bond acceptors (Lipinski definition) is 4. The van der Waals surface area contributed by atoms with E-state index in [1.54, 1.807) is 11.3 Å². The summed E-state index contributed by atoms with van der Waals surface area (Å²) in [6.07, 6.45) is 3.32. The Morgan fingerprint density at radius 3 is 3.07 bits per heavy atom. The molecule has 1 atom stereocenters. The topological polar surface area (TPSA) is 35.8 Å². The van der Waals surface area contributed by atoms with E-state index in [4.69, 9.17) is 5.26 Å². The maximum atomic E-state index is 8.68. The predicted octanol–water partition coefficient (Wildman–Crippen LogP) is 2.85. The smallest absolute Gasteiger partial charge is 0.100 e. The van der Waals surface area contributed by atoms with Crippen LogP contribution in [0.1, 0.15) is 23.8 Å². The van der Waals surface area contributed by atoms with Gasteiger partial charge in [-0.1, -0.05) is 0 Å². The van der Waals surface area contributed by atoms with E-state index in [0.29, 0.717) is 6.04 Å². The van der Waals surface area contributed by atoms with Crippen LogP contribution < -0.4 is 5.32 Å². The van der Waals surface area contributed by atoms with Crippen molar-refractivity contribution >= 4 is 23.1 Å². The Kier molecular flexibility index (Phi) is 5.77. The molecule has 0 fully saturated rings. The zero-order valence-corrected chi connectivity index (χ0v) is 10.8. The van der Waals surface area contributed by atoms with Crippen LogP contribution in [-0.2, 0) is 6.54 Å². The van der Waals surface area contributed by atoms with E-state index in [2.05, 4.69) is 24.6 Å². The molecule has 1 aromatic heterocycles. The molecule has 0 amide bonds. The summed E-state index contributed by atoms with van der Waals surface area (Å²) in [7, 11) is 0. The van der Waals surface area contributed by atoms with Gasteiger partial charge < -0.3 is 5.32 Å². The van der Waals surface area contributed by atoms with Crippen molar-refractivity contribution in [2.24, 2.45) is 0 Å². The highest BCUT2D eigenvalue weighted by molar-refractivity contribution is 7.98. The zero-order chi connectivity index (χ0) is 11.1. The Balaban J connectivity index is 2.27. The minimum absolute atomic E-state index is 0.546. The summed E-state index contributed by atoms with van der Waals surface area (Å²) in [5, 5.41) is 14.0. The molecule has 1 heterocycles. The van der Waals surface area contributed by atoms with E-state index in [0.717, 1.165) is 12.1 Å². The molecule has 0 saturated heterocycles. The van der Waals surface area contributed by atoms with Gasteiger partial charge in [-0.25, -0.2) is 0 Å². The molecule has 1 unspecified atom stereocenters. The summed E-state index contributed by atoms with van der Waals surface area (Å²) >= 11 is 3.53. The van der Waals surface area contributed by atoms with Gasteiger partial charge in [0.25, 0.3) is 0 Å². The predicted molar refractivity (Wildman–Crippen MR) is 68.3 cm³/mol. The lowest BCUT2D eigenvalue weighted by molar-refractivity contribution is 0.540. The van der Waals surface area contributed by atoms with E-state index in [1.165, 1.54) is 17.1 Å². The molecule has 0 aliphatic heterocycles. The van der Waals surface area contributed by atoms with Crippen molar-refractivity contribution in [2.45, 2.75) is 25.9 Å². The average molecular weight is 240 g/mol. The van der Waals surface area contributed by atoms with Gasteiger partial charge >= 0.3 is 0 Å². The monoisotopic (exact) mass is 240 g/mol. The molecule has 2 nitrogen and oxygen atoms in total. The Labute approximate surface area is 99.7 Å². The largest absolute Gasteiger partial charge is 0.309 e. The van der Waals surface area contributed by atoms with Crippen molar-refractivity contribution in [3.8, 4) is 6.07 Å². The van der Waals surface area contributed by atoms with Gasteiger partial charge in [0.1, 0.15) is 6.07 Å². The van der Waals surface area contributed by atoms with Gasteiger partial charge in [0.15, 0.2) is 0 Å². The SMILES string of the molecule is CSCCC(C)NCc1cc(C#N)cs1. The molecule has 1 rings (SSSR count). The van der Waals surface area contributed by atoms with Gasteiger partial charge in [0.2, 0.25) is 0 Å². The van der Waals surface area contributed by atoms with Crippen LogP contribution >= 0.6 is 23.1 Å². The second-order valence-corrected chi connectivity index (χ2v) is 5.46. The Hall–Kier alpha value is -0.500. The lowest BCUT2D eigenvalue weighted by atomic mass is 10.2. The van der Waals surface area contributed by atoms with E-state index >= 15 is 0 Å². The minimum Gasteiger partial charge on any atom is -0.309 e. The van der Waals surface area contributed by atoms with Crippen LogP contribution in [-0.4, -0.2) is 18.1 Å². The molecular formula is C11H16N2S2. The summed E-state index contributed by atoms with van der Waals surface area (Å²) in [4.78, 5) is 1.24. The van der Waals surface area contributed by atoms with Crippen LogP contribution in [0.25, 0.3) is 0 Å². The van der Waals surface area contributed by atoms with Crippen LogP contribution in [0.2, 0.25) is 0 Å². The van der Waals surface area contributed by atoms with Gasteiger partial charge in [-0.05, 0) is 31.4 Å². The summed E-state index contributed by atoms with van der Waals surface area (Å²) in [6, 6.07) is 4.65. The van der Waals surface area contributed by atoms with Crippen molar-refractivity contribution in [3.63, 3.8) is 0 Å². The number of nitriles is 1. The second-order valence-electron chi connectivity index (χ2n) is 3.48. The highest BCUT2D eigenvalue weighted by atomic mass is 32.2. The standard InChI is InChI=1S/C11H16N2S2/c1-9(3-4-14-2)13-7-11-5-10(6-12)8-15-11/h5,8-9,13H,3-4,7H2,1-2H3. The number of nitrogens with one attached hydrogen (secondary N) is 1. The van der Waals surface area contributed by atoms with Gasteiger partial charge in [0.05, 0.1) is 5.56 Å². The molecule has 0 aliphatic carbocycles. The van der Waals surface area contributed by atoms with Crippen molar-refractivity contribution in [1.82, 2.24) is 5.32 Å². The zero-order valence-electron chi connectivity index (χ0n) is 9.12. The molecule has 0 aromatic carbocycles. The van der Waals surface area contributed by atoms with Crippen molar-refractivity contribution in [3.05, 3.63) is 21.9 Å². The molecule has 1 aromatic rings. The first kappa shape index (κ1) is 12.6. The number of hydrogen-bond donors (Lipinski definition) is 1. The Bertz CT molecular complexity index is 328. The van der Waals surface area contributed by atoms with Crippen LogP contribution in [0, 0.1) is 11.3 Å². The highest BCUT2D eigenvalue weighted by Gasteiger charge is 2.03. The fourth-order valence-electron chi connectivity index (χ4n) is 1.20. The average Bonchev–Trinajstić information content (AvgIpc) is 2.71. The molecule has 82 valence electrons. The van der Waals surface area contributed by atoms with Crippen molar-refractivity contribution in [1.29, 1.82) is 5.26 Å². The number of thiophene rings is 1. The van der Waals surface area contributed by atoms with Crippen LogP contribution in [0.3, 0.4) is 0 Å². The quantitative estimate of drug-likeness (QED) is 0.830. The fraction of sp³-hybridized carbons (Fsp3) is 0.545. The third kappa shape index (κ3) is 4.70. The van der Waals surface area contributed by atoms with Crippen molar-refractivity contribution in [2.75, 3.05) is 12.0 Å². The second kappa shape index (κ2) is 6.89. The van der Waals surface area contributed by atoms with Crippen LogP contribution in [0.15, 0.2) is 11.4 Å². The van der Waals surface area contributed by atoms with Gasteiger partial charge in [-0.3, -0.25) is 0 Å². The molecule has 0 aliphatic rings. The first-order chi connectivity index (χ1) is 7.26. The third-order valence-electron chi connectivity index (χ3n) is 2.16. The van der Waals surface area contributed by atoms with Gasteiger partial charge in [-0.15, -0.1) is 11.3 Å². The summed E-state index contributed by atoms with van der Waals surface area (Å²) in [6.45, 7) is 3.08. The molecule has 1 N–H and O–H groups in total. The molecule has 0 bridgehead atoms. The maximum Gasteiger partial charge on any atom is 0.100 e. The summed E-state index contributed by atoms with van der Waals surface area (Å²) in [5.41, 5.74) is 0.772. The van der Waals surface area contributed by atoms with E-state index in [9.17, 15) is 0 Å². The van der Waals surface area contributed by atoms with E-state index in [1.807, 2.05) is 23.2 Å². The van der Waals surface area contributed by atoms with Crippen LogP contribution in [0.5, 0.6) is 0 Å². The normalized spacial score (nSPS) is 12.3. The first-order valence-electron chi connectivity index (χ1n) is 4.96. The highest BCUT2D eigenvalue weighted by Crippen LogP contribution is 2.13. The maximum absolute atomic E-state index is 8.68. The van der Waals surface area contributed by atoms with Crippen LogP contribution in [0.4, 0.5) is 0 Å². The lowest BCUT2D eigenvalue weighted by Gasteiger charge is -2.11. The number of rotatable bonds is 6. The molecule has 15 heavy (non-hydrogen) atoms. The van der Waals surface area contributed by atoms with Gasteiger partial charge in [0, 0.05) is 22.8 Å². The number of thioether (sulfide) groups is 1. The first-order valence-corrected chi connectivity index (χ1v) is 7.23. The van der Waals surface area contributed by atoms with E-state index < -0.39 is 0 Å². The fourth-order valence-corrected chi connectivity index (χ4v) is 2.55. The number of nitrogens with zero attached hydrogens (tertiary/aromatic N) is 1. The Morgan fingerprint density at radius 1 is 1.67 bits per heavy atom. The molecule has 4 heteroatoms. The molecular weight excluding hydrogens is 224 g/mol. The van der Waals surface area contributed by atoms with Crippen molar-refractivity contribution < 1.29 is 0 Å².